The molecule has 0 aliphatic rings. The molecule has 0 aliphatic carbocycles. The van der Waals surface area contributed by atoms with E-state index in [1.165, 1.54) is 31.4 Å². The standard InChI is InChI=1S/C23H21F2N5O5S2/c1-3-10-36(32,33)30-18-9-8-17(24)19(20(18)25)22(31)21-16-11-14(12-27-23(16)29-28-21)13-4-6-15(7-5-13)37(34,35)26-2/h4-9,11-12,26,30H,3,10H2,1-2H3,(H,27,28,29). The van der Waals surface area contributed by atoms with Crippen molar-refractivity contribution in [2.45, 2.75) is 18.2 Å². The number of H-pyrrole nitrogens is 1. The zero-order valence-corrected chi connectivity index (χ0v) is 21.2. The van der Waals surface area contributed by atoms with E-state index in [0.717, 1.165) is 12.1 Å². The molecule has 0 amide bonds. The van der Waals surface area contributed by atoms with Gasteiger partial charge in [-0.25, -0.2) is 35.3 Å². The van der Waals surface area contributed by atoms with Crippen molar-refractivity contribution in [2.24, 2.45) is 0 Å². The summed E-state index contributed by atoms with van der Waals surface area (Å²) in [4.78, 5) is 17.4. The number of carbonyl (C=O) groups is 1. The van der Waals surface area contributed by atoms with Crippen LogP contribution in [0.15, 0.2) is 53.6 Å². The van der Waals surface area contributed by atoms with Gasteiger partial charge in [0.05, 0.1) is 27.3 Å². The van der Waals surface area contributed by atoms with Gasteiger partial charge in [-0.1, -0.05) is 19.1 Å². The van der Waals surface area contributed by atoms with Crippen LogP contribution in [0.25, 0.3) is 22.2 Å². The van der Waals surface area contributed by atoms with E-state index < -0.39 is 48.7 Å². The number of halogens is 2. The summed E-state index contributed by atoms with van der Waals surface area (Å²) >= 11 is 0. The highest BCUT2D eigenvalue weighted by Crippen LogP contribution is 2.29. The third kappa shape index (κ3) is 5.21. The maximum absolute atomic E-state index is 15.2. The molecule has 37 heavy (non-hydrogen) atoms. The van der Waals surface area contributed by atoms with Crippen LogP contribution in [0.3, 0.4) is 0 Å². The Labute approximate surface area is 211 Å². The topological polar surface area (TPSA) is 151 Å². The summed E-state index contributed by atoms with van der Waals surface area (Å²) in [6.07, 6.45) is 1.73. The highest BCUT2D eigenvalue weighted by molar-refractivity contribution is 7.92. The van der Waals surface area contributed by atoms with Gasteiger partial charge < -0.3 is 0 Å². The van der Waals surface area contributed by atoms with Crippen LogP contribution in [0, 0.1) is 11.6 Å². The zero-order valence-electron chi connectivity index (χ0n) is 19.5. The molecule has 14 heteroatoms. The average molecular weight is 550 g/mol. The number of benzene rings is 2. The summed E-state index contributed by atoms with van der Waals surface area (Å²) in [6.45, 7) is 1.62. The second kappa shape index (κ2) is 9.95. The lowest BCUT2D eigenvalue weighted by Crippen LogP contribution is -2.18. The molecule has 3 N–H and O–H groups in total. The lowest BCUT2D eigenvalue weighted by Gasteiger charge is -2.11. The second-order valence-corrected chi connectivity index (χ2v) is 11.7. The van der Waals surface area contributed by atoms with Crippen molar-refractivity contribution >= 4 is 42.6 Å². The maximum Gasteiger partial charge on any atom is 0.240 e. The largest absolute Gasteiger partial charge is 0.287 e. The van der Waals surface area contributed by atoms with Crippen LogP contribution in [0.2, 0.25) is 0 Å². The molecule has 0 atom stereocenters. The Morgan fingerprint density at radius 3 is 2.38 bits per heavy atom. The van der Waals surface area contributed by atoms with Crippen molar-refractivity contribution in [1.29, 1.82) is 0 Å². The molecule has 4 aromatic rings. The van der Waals surface area contributed by atoms with E-state index in [2.05, 4.69) is 19.9 Å². The van der Waals surface area contributed by atoms with E-state index in [1.54, 1.807) is 19.1 Å². The molecule has 0 bridgehead atoms. The quantitative estimate of drug-likeness (QED) is 0.271. The summed E-state index contributed by atoms with van der Waals surface area (Å²) in [5, 5.41) is 6.58. The Morgan fingerprint density at radius 2 is 1.73 bits per heavy atom. The Morgan fingerprint density at radius 1 is 1.03 bits per heavy atom. The third-order valence-electron chi connectivity index (χ3n) is 5.45. The van der Waals surface area contributed by atoms with Crippen LogP contribution in [-0.4, -0.2) is 50.6 Å². The molecule has 0 saturated carbocycles. The molecule has 2 aromatic heterocycles. The molecule has 0 spiro atoms. The molecule has 0 aliphatic heterocycles. The van der Waals surface area contributed by atoms with E-state index in [1.807, 2.05) is 4.72 Å². The summed E-state index contributed by atoms with van der Waals surface area (Å²) in [5.74, 6) is -3.96. The molecule has 4 rings (SSSR count). The van der Waals surface area contributed by atoms with Crippen molar-refractivity contribution in [3.63, 3.8) is 0 Å². The number of hydrogen-bond donors (Lipinski definition) is 3. The molecule has 0 fully saturated rings. The first-order valence-electron chi connectivity index (χ1n) is 10.9. The number of nitrogens with zero attached hydrogens (tertiary/aromatic N) is 2. The van der Waals surface area contributed by atoms with Crippen molar-refractivity contribution < 1.29 is 30.4 Å². The first-order valence-corrected chi connectivity index (χ1v) is 14.0. The zero-order chi connectivity index (χ0) is 27.0. The van der Waals surface area contributed by atoms with Gasteiger partial charge in [0.25, 0.3) is 0 Å². The van der Waals surface area contributed by atoms with Gasteiger partial charge in [-0.3, -0.25) is 14.6 Å². The normalized spacial score (nSPS) is 12.1. The molecule has 0 radical (unpaired) electrons. The van der Waals surface area contributed by atoms with Gasteiger partial charge in [0, 0.05) is 11.8 Å². The van der Waals surface area contributed by atoms with Gasteiger partial charge in [0.1, 0.15) is 11.5 Å². The van der Waals surface area contributed by atoms with Gasteiger partial charge in [-0.2, -0.15) is 5.10 Å². The molecule has 194 valence electrons. The number of hydrogen-bond acceptors (Lipinski definition) is 7. The number of nitrogens with one attached hydrogen (secondary N) is 3. The van der Waals surface area contributed by atoms with Gasteiger partial charge in [-0.15, -0.1) is 0 Å². The Kier molecular flexibility index (Phi) is 7.08. The van der Waals surface area contributed by atoms with E-state index in [4.69, 9.17) is 0 Å². The number of rotatable bonds is 9. The smallest absolute Gasteiger partial charge is 0.240 e. The Balaban J connectivity index is 1.75. The second-order valence-electron chi connectivity index (χ2n) is 7.96. The summed E-state index contributed by atoms with van der Waals surface area (Å²) in [6, 6.07) is 9.07. The first kappa shape index (κ1) is 26.3. The molecule has 2 heterocycles. The highest BCUT2D eigenvalue weighted by atomic mass is 32.2. The summed E-state index contributed by atoms with van der Waals surface area (Å²) in [5.41, 5.74) is -0.648. The van der Waals surface area contributed by atoms with Gasteiger partial charge in [-0.05, 0) is 49.4 Å². The van der Waals surface area contributed by atoms with Crippen LogP contribution >= 0.6 is 0 Å². The minimum Gasteiger partial charge on any atom is -0.287 e. The monoisotopic (exact) mass is 549 g/mol. The molecular weight excluding hydrogens is 528 g/mol. The maximum atomic E-state index is 15.2. The van der Waals surface area contributed by atoms with Crippen LogP contribution < -0.4 is 9.44 Å². The fourth-order valence-electron chi connectivity index (χ4n) is 3.62. The lowest BCUT2D eigenvalue weighted by atomic mass is 10.0. The predicted molar refractivity (Wildman–Crippen MR) is 133 cm³/mol. The number of pyridine rings is 1. The molecule has 10 nitrogen and oxygen atoms in total. The van der Waals surface area contributed by atoms with Crippen molar-refractivity contribution in [3.8, 4) is 11.1 Å². The number of fused-ring (bicyclic) bond motifs is 1. The predicted octanol–water partition coefficient (Wildman–Crippen LogP) is 3.19. The Bertz CT molecular complexity index is 1720. The van der Waals surface area contributed by atoms with Crippen molar-refractivity contribution in [2.75, 3.05) is 17.5 Å². The summed E-state index contributed by atoms with van der Waals surface area (Å²) < 4.78 is 82.1. The SMILES string of the molecule is CCCS(=O)(=O)Nc1ccc(F)c(C(=O)c2n[nH]c3ncc(-c4ccc(S(=O)(=O)NC)cc4)cc23)c1F. The number of sulfonamides is 2. The van der Waals surface area contributed by atoms with Crippen molar-refractivity contribution in [3.05, 3.63) is 71.6 Å². The average Bonchev–Trinajstić information content (AvgIpc) is 3.29. The fourth-order valence-corrected chi connectivity index (χ4v) is 5.49. The van der Waals surface area contributed by atoms with Crippen LogP contribution in [0.1, 0.15) is 29.4 Å². The van der Waals surface area contributed by atoms with Gasteiger partial charge >= 0.3 is 0 Å². The summed E-state index contributed by atoms with van der Waals surface area (Å²) in [7, 11) is -6.24. The number of anilines is 1. The van der Waals surface area contributed by atoms with Gasteiger partial charge in [0.15, 0.2) is 11.5 Å². The fraction of sp³-hybridized carbons (Fsp3) is 0.174. The molecule has 0 unspecified atom stereocenters. The van der Waals surface area contributed by atoms with E-state index in [-0.39, 0.29) is 33.8 Å². The Hall–Kier alpha value is -3.75. The van der Waals surface area contributed by atoms with E-state index in [0.29, 0.717) is 11.1 Å². The minimum absolute atomic E-state index is 0.0485. The number of ketones is 1. The first-order chi connectivity index (χ1) is 17.5. The number of aromatic nitrogens is 3. The number of aromatic amines is 1. The van der Waals surface area contributed by atoms with E-state index >= 15 is 4.39 Å². The molecule has 0 saturated heterocycles. The van der Waals surface area contributed by atoms with Crippen LogP contribution in [-0.2, 0) is 20.0 Å². The lowest BCUT2D eigenvalue weighted by molar-refractivity contribution is 0.102. The molecular formula is C23H21F2N5O5S2. The van der Waals surface area contributed by atoms with Crippen LogP contribution in [0.5, 0.6) is 0 Å². The third-order valence-corrected chi connectivity index (χ3v) is 8.36. The van der Waals surface area contributed by atoms with Crippen molar-refractivity contribution in [1.82, 2.24) is 19.9 Å². The minimum atomic E-state index is -3.90. The number of carbonyl (C=O) groups excluding carboxylic acids is 1. The molecule has 2 aromatic carbocycles. The highest BCUT2D eigenvalue weighted by Gasteiger charge is 2.27. The van der Waals surface area contributed by atoms with E-state index in [9.17, 15) is 26.0 Å². The van der Waals surface area contributed by atoms with Gasteiger partial charge in [0.2, 0.25) is 25.8 Å². The van der Waals surface area contributed by atoms with Crippen LogP contribution in [0.4, 0.5) is 14.5 Å².